The number of hydrogen-bond acceptors (Lipinski definition) is 5. The molecule has 0 aliphatic carbocycles. The van der Waals surface area contributed by atoms with Gasteiger partial charge in [-0.25, -0.2) is 4.79 Å². The van der Waals surface area contributed by atoms with E-state index in [4.69, 9.17) is 9.47 Å². The van der Waals surface area contributed by atoms with E-state index in [9.17, 15) is 9.90 Å². The van der Waals surface area contributed by atoms with Crippen molar-refractivity contribution in [2.75, 3.05) is 13.7 Å². The van der Waals surface area contributed by atoms with Crippen LogP contribution in [-0.2, 0) is 4.74 Å². The van der Waals surface area contributed by atoms with E-state index in [-0.39, 0.29) is 18.1 Å². The summed E-state index contributed by atoms with van der Waals surface area (Å²) in [7, 11) is 1.43. The van der Waals surface area contributed by atoms with E-state index in [2.05, 4.69) is 4.74 Å². The molecule has 82 valence electrons. The van der Waals surface area contributed by atoms with Crippen molar-refractivity contribution in [3.63, 3.8) is 0 Å². The van der Waals surface area contributed by atoms with Gasteiger partial charge in [-0.2, -0.15) is 0 Å². The maximum Gasteiger partial charge on any atom is 0.513 e. The predicted octanol–water partition coefficient (Wildman–Crippen LogP) is 1.94. The van der Waals surface area contributed by atoms with E-state index in [0.29, 0.717) is 5.75 Å². The van der Waals surface area contributed by atoms with E-state index in [1.54, 1.807) is 6.92 Å². The van der Waals surface area contributed by atoms with Gasteiger partial charge in [0.1, 0.15) is 5.75 Å². The number of carbonyl (C=O) groups excluding carboxylic acids is 1. The zero-order valence-electron chi connectivity index (χ0n) is 8.52. The molecule has 0 fully saturated rings. The van der Waals surface area contributed by atoms with Crippen molar-refractivity contribution in [1.29, 1.82) is 0 Å². The summed E-state index contributed by atoms with van der Waals surface area (Å²) in [5, 5.41) is 9.38. The Morgan fingerprint density at radius 2 is 2.20 bits per heavy atom. The molecule has 0 heterocycles. The summed E-state index contributed by atoms with van der Waals surface area (Å²) in [6.45, 7) is 1.91. The third-order valence-electron chi connectivity index (χ3n) is 1.61. The zero-order chi connectivity index (χ0) is 11.3. The summed E-state index contributed by atoms with van der Waals surface area (Å²) < 4.78 is 14.2. The second kappa shape index (κ2) is 5.09. The van der Waals surface area contributed by atoms with E-state index in [1.165, 1.54) is 25.3 Å². The topological polar surface area (TPSA) is 65.0 Å². The SMILES string of the molecule is CCOC(=O)Oc1ccc(OC)c(O)c1. The number of hydrogen-bond donors (Lipinski definition) is 1. The molecule has 15 heavy (non-hydrogen) atoms. The van der Waals surface area contributed by atoms with Crippen molar-refractivity contribution in [3.8, 4) is 17.2 Å². The van der Waals surface area contributed by atoms with Crippen molar-refractivity contribution in [3.05, 3.63) is 18.2 Å². The summed E-state index contributed by atoms with van der Waals surface area (Å²) in [5.74, 6) is 0.414. The Morgan fingerprint density at radius 3 is 2.73 bits per heavy atom. The number of phenols is 1. The van der Waals surface area contributed by atoms with Crippen LogP contribution in [0.3, 0.4) is 0 Å². The molecule has 0 radical (unpaired) electrons. The predicted molar refractivity (Wildman–Crippen MR) is 52.3 cm³/mol. The average molecular weight is 212 g/mol. The third-order valence-corrected chi connectivity index (χ3v) is 1.61. The standard InChI is InChI=1S/C10H12O5/c1-3-14-10(12)15-7-4-5-9(13-2)8(11)6-7/h4-6,11H,3H2,1-2H3. The molecule has 0 saturated heterocycles. The third kappa shape index (κ3) is 3.05. The Balaban J connectivity index is 2.71. The lowest BCUT2D eigenvalue weighted by atomic mass is 10.3. The fourth-order valence-corrected chi connectivity index (χ4v) is 0.977. The van der Waals surface area contributed by atoms with E-state index in [1.807, 2.05) is 0 Å². The minimum atomic E-state index is -0.804. The van der Waals surface area contributed by atoms with Gasteiger partial charge in [-0.05, 0) is 19.1 Å². The van der Waals surface area contributed by atoms with Crippen LogP contribution in [0.15, 0.2) is 18.2 Å². The van der Waals surface area contributed by atoms with E-state index < -0.39 is 6.16 Å². The maximum atomic E-state index is 10.9. The van der Waals surface area contributed by atoms with Crippen LogP contribution in [0, 0.1) is 0 Å². The van der Waals surface area contributed by atoms with Gasteiger partial charge in [-0.1, -0.05) is 0 Å². The fourth-order valence-electron chi connectivity index (χ4n) is 0.977. The number of ether oxygens (including phenoxy) is 3. The monoisotopic (exact) mass is 212 g/mol. The molecule has 0 bridgehead atoms. The largest absolute Gasteiger partial charge is 0.513 e. The molecular formula is C10H12O5. The highest BCUT2D eigenvalue weighted by molar-refractivity contribution is 5.64. The molecule has 0 saturated carbocycles. The summed E-state index contributed by atoms with van der Waals surface area (Å²) in [4.78, 5) is 10.9. The molecule has 1 aromatic rings. The number of carbonyl (C=O) groups is 1. The first-order valence-electron chi connectivity index (χ1n) is 4.39. The highest BCUT2D eigenvalue weighted by atomic mass is 16.7. The Hall–Kier alpha value is -1.91. The molecule has 5 heteroatoms. The first kappa shape index (κ1) is 11.2. The Labute approximate surface area is 87.2 Å². The van der Waals surface area contributed by atoms with E-state index in [0.717, 1.165) is 0 Å². The minimum Gasteiger partial charge on any atom is -0.504 e. The van der Waals surface area contributed by atoms with Crippen LogP contribution in [0.1, 0.15) is 6.92 Å². The second-order valence-electron chi connectivity index (χ2n) is 2.62. The van der Waals surface area contributed by atoms with Crippen LogP contribution in [0.4, 0.5) is 4.79 Å². The van der Waals surface area contributed by atoms with Crippen molar-refractivity contribution in [1.82, 2.24) is 0 Å². The van der Waals surface area contributed by atoms with Gasteiger partial charge in [0.2, 0.25) is 0 Å². The lowest BCUT2D eigenvalue weighted by molar-refractivity contribution is 0.104. The van der Waals surface area contributed by atoms with Gasteiger partial charge in [0.15, 0.2) is 11.5 Å². The van der Waals surface area contributed by atoms with Crippen LogP contribution in [0.5, 0.6) is 17.2 Å². The lowest BCUT2D eigenvalue weighted by Gasteiger charge is -2.06. The molecule has 5 nitrogen and oxygen atoms in total. The molecule has 1 N–H and O–H groups in total. The summed E-state index contributed by atoms with van der Waals surface area (Å²) >= 11 is 0. The van der Waals surface area contributed by atoms with Gasteiger partial charge >= 0.3 is 6.16 Å². The Kier molecular flexibility index (Phi) is 3.79. The number of benzene rings is 1. The summed E-state index contributed by atoms with van der Waals surface area (Å²) in [6.07, 6.45) is -0.804. The van der Waals surface area contributed by atoms with Crippen molar-refractivity contribution in [2.24, 2.45) is 0 Å². The van der Waals surface area contributed by atoms with Gasteiger partial charge in [0.05, 0.1) is 13.7 Å². The number of aromatic hydroxyl groups is 1. The highest BCUT2D eigenvalue weighted by Gasteiger charge is 2.07. The molecule has 1 rings (SSSR count). The summed E-state index contributed by atoms with van der Waals surface area (Å²) in [5.41, 5.74) is 0. The van der Waals surface area contributed by atoms with Crippen LogP contribution in [-0.4, -0.2) is 25.0 Å². The van der Waals surface area contributed by atoms with Gasteiger partial charge in [0.25, 0.3) is 0 Å². The average Bonchev–Trinajstić information content (AvgIpc) is 2.18. The van der Waals surface area contributed by atoms with Gasteiger partial charge < -0.3 is 19.3 Å². The fraction of sp³-hybridized carbons (Fsp3) is 0.300. The maximum absolute atomic E-state index is 10.9. The number of methoxy groups -OCH3 is 1. The molecule has 0 spiro atoms. The van der Waals surface area contributed by atoms with Crippen LogP contribution >= 0.6 is 0 Å². The molecule has 0 unspecified atom stereocenters. The van der Waals surface area contributed by atoms with Gasteiger partial charge in [-0.3, -0.25) is 0 Å². The molecule has 0 amide bonds. The quantitative estimate of drug-likeness (QED) is 0.612. The molecular weight excluding hydrogens is 200 g/mol. The van der Waals surface area contributed by atoms with E-state index >= 15 is 0 Å². The normalized spacial score (nSPS) is 9.47. The smallest absolute Gasteiger partial charge is 0.504 e. The zero-order valence-corrected chi connectivity index (χ0v) is 8.52. The minimum absolute atomic E-state index is 0.0979. The van der Waals surface area contributed by atoms with Crippen molar-refractivity contribution >= 4 is 6.16 Å². The first-order valence-corrected chi connectivity index (χ1v) is 4.39. The summed E-state index contributed by atoms with van der Waals surface area (Å²) in [6, 6.07) is 4.26. The van der Waals surface area contributed by atoms with Gasteiger partial charge in [0, 0.05) is 6.07 Å². The molecule has 0 aromatic heterocycles. The molecule has 0 aliphatic rings. The van der Waals surface area contributed by atoms with Crippen LogP contribution < -0.4 is 9.47 Å². The second-order valence-corrected chi connectivity index (χ2v) is 2.62. The van der Waals surface area contributed by atoms with Crippen LogP contribution in [0.25, 0.3) is 0 Å². The number of rotatable bonds is 3. The molecule has 0 atom stereocenters. The molecule has 1 aromatic carbocycles. The lowest BCUT2D eigenvalue weighted by Crippen LogP contribution is -2.09. The van der Waals surface area contributed by atoms with Crippen molar-refractivity contribution in [2.45, 2.75) is 6.92 Å². The number of phenolic OH excluding ortho intramolecular Hbond substituents is 1. The van der Waals surface area contributed by atoms with Gasteiger partial charge in [-0.15, -0.1) is 0 Å². The molecule has 0 aliphatic heterocycles. The first-order chi connectivity index (χ1) is 7.17. The van der Waals surface area contributed by atoms with Crippen LogP contribution in [0.2, 0.25) is 0 Å². The Morgan fingerprint density at radius 1 is 1.47 bits per heavy atom. The van der Waals surface area contributed by atoms with Crippen molar-refractivity contribution < 1.29 is 24.1 Å². The highest BCUT2D eigenvalue weighted by Crippen LogP contribution is 2.29. The Bertz CT molecular complexity index is 348.